The van der Waals surface area contributed by atoms with E-state index in [1.54, 1.807) is 21.1 Å². The first-order chi connectivity index (χ1) is 13.4. The maximum absolute atomic E-state index is 12.8. The van der Waals surface area contributed by atoms with Gasteiger partial charge in [-0.15, -0.1) is 11.8 Å². The minimum Gasteiger partial charge on any atom is -0.320 e. The van der Waals surface area contributed by atoms with Crippen molar-refractivity contribution < 1.29 is 4.79 Å². The number of rotatable bonds is 6. The zero-order valence-electron chi connectivity index (χ0n) is 16.7. The van der Waals surface area contributed by atoms with Gasteiger partial charge in [-0.1, -0.05) is 35.9 Å². The van der Waals surface area contributed by atoms with Crippen molar-refractivity contribution in [3.8, 4) is 5.69 Å². The summed E-state index contributed by atoms with van der Waals surface area (Å²) in [6.07, 6.45) is 0.344. The van der Waals surface area contributed by atoms with Gasteiger partial charge in [0.05, 0.1) is 11.4 Å². The zero-order chi connectivity index (χ0) is 20.3. The lowest BCUT2D eigenvalue weighted by Gasteiger charge is -2.07. The summed E-state index contributed by atoms with van der Waals surface area (Å²) in [7, 11) is 1.82. The van der Waals surface area contributed by atoms with Crippen molar-refractivity contribution >= 4 is 23.4 Å². The molecule has 0 fully saturated rings. The van der Waals surface area contributed by atoms with E-state index in [1.165, 1.54) is 16.0 Å². The van der Waals surface area contributed by atoms with Gasteiger partial charge in [0.1, 0.15) is 5.69 Å². The van der Waals surface area contributed by atoms with Crippen LogP contribution in [0.1, 0.15) is 23.2 Å². The lowest BCUT2D eigenvalue weighted by atomic mass is 10.2. The molecular weight excluding hydrogens is 370 g/mol. The van der Waals surface area contributed by atoms with Gasteiger partial charge in [0.25, 0.3) is 5.56 Å². The number of hydrogen-bond acceptors (Lipinski definition) is 3. The highest BCUT2D eigenvalue weighted by molar-refractivity contribution is 7.99. The molecule has 1 amide bonds. The Morgan fingerprint density at radius 2 is 1.79 bits per heavy atom. The van der Waals surface area contributed by atoms with Crippen LogP contribution in [0.5, 0.6) is 0 Å². The summed E-state index contributed by atoms with van der Waals surface area (Å²) in [5.41, 5.74) is 4.03. The standard InChI is InChI=1S/C22H25N3O2S/c1-15-10-11-16(2)19(14-15)28-13-12-20(26)23-21-17(3)24(4)25(22(21)27)18-8-6-5-7-9-18/h5-11,14H,12-13H2,1-4H3,(H,23,26). The van der Waals surface area contributed by atoms with Crippen molar-refractivity contribution in [2.45, 2.75) is 32.1 Å². The normalized spacial score (nSPS) is 10.9. The van der Waals surface area contributed by atoms with Crippen molar-refractivity contribution in [1.29, 1.82) is 0 Å². The van der Waals surface area contributed by atoms with Crippen LogP contribution in [-0.4, -0.2) is 21.0 Å². The zero-order valence-corrected chi connectivity index (χ0v) is 17.5. The molecule has 3 aromatic rings. The van der Waals surface area contributed by atoms with Gasteiger partial charge >= 0.3 is 0 Å². The number of aryl methyl sites for hydroxylation is 2. The summed E-state index contributed by atoms with van der Waals surface area (Å²) in [5, 5.41) is 2.82. The van der Waals surface area contributed by atoms with E-state index in [4.69, 9.17) is 0 Å². The molecule has 0 aliphatic heterocycles. The van der Waals surface area contributed by atoms with E-state index in [9.17, 15) is 9.59 Å². The third-order valence-corrected chi connectivity index (χ3v) is 5.91. The lowest BCUT2D eigenvalue weighted by molar-refractivity contribution is -0.115. The highest BCUT2D eigenvalue weighted by Crippen LogP contribution is 2.24. The Hall–Kier alpha value is -2.73. The van der Waals surface area contributed by atoms with Gasteiger partial charge in [-0.25, -0.2) is 4.68 Å². The molecule has 0 unspecified atom stereocenters. The van der Waals surface area contributed by atoms with Crippen LogP contribution in [0.4, 0.5) is 5.69 Å². The number of amides is 1. The van der Waals surface area contributed by atoms with Gasteiger partial charge < -0.3 is 5.32 Å². The fourth-order valence-electron chi connectivity index (χ4n) is 3.03. The molecule has 1 N–H and O–H groups in total. The summed E-state index contributed by atoms with van der Waals surface area (Å²) in [4.78, 5) is 26.5. The molecule has 2 aromatic carbocycles. The van der Waals surface area contributed by atoms with E-state index in [0.29, 0.717) is 17.9 Å². The Labute approximate surface area is 169 Å². The van der Waals surface area contributed by atoms with Crippen LogP contribution in [0.25, 0.3) is 5.69 Å². The fraction of sp³-hybridized carbons (Fsp3) is 0.273. The van der Waals surface area contributed by atoms with Gasteiger partial charge in [0.15, 0.2) is 0 Å². The number of nitrogens with one attached hydrogen (secondary N) is 1. The minimum absolute atomic E-state index is 0.149. The summed E-state index contributed by atoms with van der Waals surface area (Å²) in [5.74, 6) is 0.512. The Balaban J connectivity index is 1.69. The number of hydrogen-bond donors (Lipinski definition) is 1. The predicted octanol–water partition coefficient (Wildman–Crippen LogP) is 4.22. The highest BCUT2D eigenvalue weighted by atomic mass is 32.2. The number of anilines is 1. The molecule has 146 valence electrons. The average Bonchev–Trinajstić information content (AvgIpc) is 2.88. The molecule has 0 atom stereocenters. The summed E-state index contributed by atoms with van der Waals surface area (Å²) in [6, 6.07) is 15.7. The molecule has 0 aliphatic carbocycles. The monoisotopic (exact) mass is 395 g/mol. The molecule has 3 rings (SSSR count). The Morgan fingerprint density at radius 1 is 1.07 bits per heavy atom. The summed E-state index contributed by atoms with van der Waals surface area (Å²) in [6.45, 7) is 5.97. The molecule has 28 heavy (non-hydrogen) atoms. The molecular formula is C22H25N3O2S. The number of para-hydroxylation sites is 1. The van der Waals surface area contributed by atoms with Crippen LogP contribution in [0.15, 0.2) is 58.2 Å². The summed E-state index contributed by atoms with van der Waals surface area (Å²) >= 11 is 1.66. The first-order valence-corrected chi connectivity index (χ1v) is 10.2. The number of thioether (sulfide) groups is 1. The van der Waals surface area contributed by atoms with Gasteiger partial charge in [-0.3, -0.25) is 14.3 Å². The lowest BCUT2D eigenvalue weighted by Crippen LogP contribution is -2.23. The van der Waals surface area contributed by atoms with E-state index in [1.807, 2.05) is 44.3 Å². The number of nitrogens with zero attached hydrogens (tertiary/aromatic N) is 2. The van der Waals surface area contributed by atoms with Crippen molar-refractivity contribution in [2.75, 3.05) is 11.1 Å². The van der Waals surface area contributed by atoms with Crippen LogP contribution in [0.3, 0.4) is 0 Å². The van der Waals surface area contributed by atoms with Crippen LogP contribution in [-0.2, 0) is 11.8 Å². The molecule has 0 radical (unpaired) electrons. The summed E-state index contributed by atoms with van der Waals surface area (Å²) < 4.78 is 3.33. The number of carbonyl (C=O) groups is 1. The van der Waals surface area contributed by atoms with Gasteiger partial charge in [0.2, 0.25) is 5.91 Å². The van der Waals surface area contributed by atoms with Crippen molar-refractivity contribution in [3.05, 3.63) is 75.7 Å². The molecule has 5 nitrogen and oxygen atoms in total. The quantitative estimate of drug-likeness (QED) is 0.636. The average molecular weight is 396 g/mol. The third kappa shape index (κ3) is 4.22. The van der Waals surface area contributed by atoms with E-state index < -0.39 is 0 Å². The van der Waals surface area contributed by atoms with Crippen molar-refractivity contribution in [3.63, 3.8) is 0 Å². The number of benzene rings is 2. The third-order valence-electron chi connectivity index (χ3n) is 4.75. The molecule has 0 bridgehead atoms. The van der Waals surface area contributed by atoms with E-state index in [-0.39, 0.29) is 11.5 Å². The second kappa shape index (κ2) is 8.52. The van der Waals surface area contributed by atoms with Gasteiger partial charge in [-0.05, 0) is 44.5 Å². The largest absolute Gasteiger partial charge is 0.320 e. The Kier molecular flexibility index (Phi) is 6.09. The Morgan fingerprint density at radius 3 is 2.50 bits per heavy atom. The van der Waals surface area contributed by atoms with Crippen LogP contribution in [0, 0.1) is 20.8 Å². The maximum atomic E-state index is 12.8. The second-order valence-corrected chi connectivity index (χ2v) is 7.99. The molecule has 0 saturated heterocycles. The highest BCUT2D eigenvalue weighted by Gasteiger charge is 2.18. The maximum Gasteiger partial charge on any atom is 0.295 e. The topological polar surface area (TPSA) is 56.0 Å². The molecule has 1 heterocycles. The second-order valence-electron chi connectivity index (χ2n) is 6.85. The van der Waals surface area contributed by atoms with Crippen molar-refractivity contribution in [1.82, 2.24) is 9.36 Å². The van der Waals surface area contributed by atoms with Gasteiger partial charge in [-0.2, -0.15) is 0 Å². The van der Waals surface area contributed by atoms with Crippen LogP contribution >= 0.6 is 11.8 Å². The fourth-order valence-corrected chi connectivity index (χ4v) is 4.10. The van der Waals surface area contributed by atoms with E-state index in [0.717, 1.165) is 11.4 Å². The van der Waals surface area contributed by atoms with E-state index in [2.05, 4.69) is 37.4 Å². The molecule has 0 spiro atoms. The van der Waals surface area contributed by atoms with Crippen molar-refractivity contribution in [2.24, 2.45) is 7.05 Å². The molecule has 6 heteroatoms. The van der Waals surface area contributed by atoms with Crippen LogP contribution in [0.2, 0.25) is 0 Å². The first-order valence-electron chi connectivity index (χ1n) is 9.22. The predicted molar refractivity (Wildman–Crippen MR) is 116 cm³/mol. The molecule has 0 saturated carbocycles. The van der Waals surface area contributed by atoms with Gasteiger partial charge in [0, 0.05) is 24.1 Å². The smallest absolute Gasteiger partial charge is 0.295 e. The number of carbonyl (C=O) groups excluding carboxylic acids is 1. The Bertz CT molecular complexity index is 1050. The van der Waals surface area contributed by atoms with E-state index >= 15 is 0 Å². The van der Waals surface area contributed by atoms with Crippen LogP contribution < -0.4 is 10.9 Å². The number of aromatic nitrogens is 2. The molecule has 1 aromatic heterocycles. The first kappa shape index (κ1) is 20.0. The minimum atomic E-state index is -0.221. The SMILES string of the molecule is Cc1ccc(C)c(SCCC(=O)Nc2c(C)n(C)n(-c3ccccc3)c2=O)c1. The molecule has 0 aliphatic rings.